The van der Waals surface area contributed by atoms with Crippen molar-refractivity contribution in [2.75, 3.05) is 39.4 Å². The molecular formula is C34H37N3O5. The molecule has 8 heteroatoms. The van der Waals surface area contributed by atoms with E-state index in [2.05, 4.69) is 35.2 Å². The Bertz CT molecular complexity index is 1380. The lowest BCUT2D eigenvalue weighted by atomic mass is 9.93. The van der Waals surface area contributed by atoms with Gasteiger partial charge in [-0.25, -0.2) is 4.79 Å². The highest BCUT2D eigenvalue weighted by Crippen LogP contribution is 2.33. The Hall–Kier alpha value is -4.22. The van der Waals surface area contributed by atoms with E-state index in [0.29, 0.717) is 42.8 Å². The Kier molecular flexibility index (Phi) is 8.76. The predicted octanol–water partition coefficient (Wildman–Crippen LogP) is 5.44. The van der Waals surface area contributed by atoms with Gasteiger partial charge in [0.25, 0.3) is 0 Å². The molecule has 3 aromatic rings. The first kappa shape index (κ1) is 27.9. The molecule has 2 fully saturated rings. The van der Waals surface area contributed by atoms with Gasteiger partial charge in [0, 0.05) is 19.2 Å². The fourth-order valence-corrected chi connectivity index (χ4v) is 6.01. The van der Waals surface area contributed by atoms with Crippen LogP contribution in [0.25, 0.3) is 0 Å². The predicted molar refractivity (Wildman–Crippen MR) is 158 cm³/mol. The molecule has 0 aliphatic carbocycles. The Morgan fingerprint density at radius 1 is 0.905 bits per heavy atom. The lowest BCUT2D eigenvalue weighted by Gasteiger charge is -2.36. The van der Waals surface area contributed by atoms with Crippen LogP contribution in [-0.4, -0.2) is 67.4 Å². The van der Waals surface area contributed by atoms with Crippen molar-refractivity contribution in [1.29, 1.82) is 5.26 Å². The number of rotatable bonds is 10. The van der Waals surface area contributed by atoms with Crippen molar-refractivity contribution in [2.24, 2.45) is 5.92 Å². The first-order valence-electron chi connectivity index (χ1n) is 14.9. The minimum Gasteiger partial charge on any atom is -0.489 e. The van der Waals surface area contributed by atoms with Crippen LogP contribution < -0.4 is 14.2 Å². The number of amides is 1. The van der Waals surface area contributed by atoms with Gasteiger partial charge < -0.3 is 23.8 Å². The smallest absolute Gasteiger partial charge is 0.410 e. The Balaban J connectivity index is 0.931. The largest absolute Gasteiger partial charge is 0.489 e. The van der Waals surface area contributed by atoms with Gasteiger partial charge in [0.1, 0.15) is 31.7 Å². The molecule has 8 nitrogen and oxygen atoms in total. The Labute approximate surface area is 247 Å². The van der Waals surface area contributed by atoms with Gasteiger partial charge in [-0.15, -0.1) is 0 Å². The molecule has 0 aromatic heterocycles. The number of cyclic esters (lactones) is 1. The van der Waals surface area contributed by atoms with Crippen molar-refractivity contribution >= 4 is 6.09 Å². The van der Waals surface area contributed by atoms with E-state index in [1.54, 1.807) is 18.2 Å². The van der Waals surface area contributed by atoms with Crippen LogP contribution in [0.2, 0.25) is 0 Å². The molecule has 2 atom stereocenters. The maximum atomic E-state index is 12.6. The number of carbonyl (C=O) groups excluding carboxylic acids is 1. The van der Waals surface area contributed by atoms with Crippen LogP contribution in [0.3, 0.4) is 0 Å². The minimum atomic E-state index is -0.200. The second-order valence-electron chi connectivity index (χ2n) is 11.4. The SMILES string of the molecule is N#Cc1ccc2c(c1)O[C@@H](CN1CCC(CCN3C(=O)OC[C@@H]3Cc3ccc(OCc4ccccc4)cc3)CC1)CO2. The van der Waals surface area contributed by atoms with Gasteiger partial charge >= 0.3 is 6.09 Å². The summed E-state index contributed by atoms with van der Waals surface area (Å²) in [4.78, 5) is 16.9. The molecule has 0 radical (unpaired) electrons. The molecular weight excluding hydrogens is 530 g/mol. The molecule has 1 amide bonds. The lowest BCUT2D eigenvalue weighted by molar-refractivity contribution is 0.0465. The van der Waals surface area contributed by atoms with E-state index in [-0.39, 0.29) is 18.2 Å². The van der Waals surface area contributed by atoms with Crippen molar-refractivity contribution in [3.8, 4) is 23.3 Å². The number of likely N-dealkylation sites (tertiary alicyclic amines) is 1. The van der Waals surface area contributed by atoms with Gasteiger partial charge in [-0.2, -0.15) is 5.26 Å². The molecule has 42 heavy (non-hydrogen) atoms. The molecule has 0 unspecified atom stereocenters. The van der Waals surface area contributed by atoms with Gasteiger partial charge in [0.05, 0.1) is 17.7 Å². The van der Waals surface area contributed by atoms with Gasteiger partial charge in [0.2, 0.25) is 0 Å². The maximum absolute atomic E-state index is 12.6. The number of nitrogens with zero attached hydrogens (tertiary/aromatic N) is 3. The average Bonchev–Trinajstić information content (AvgIpc) is 3.38. The first-order valence-corrected chi connectivity index (χ1v) is 14.9. The third-order valence-corrected chi connectivity index (χ3v) is 8.46. The van der Waals surface area contributed by atoms with Crippen LogP contribution in [0.1, 0.15) is 36.0 Å². The van der Waals surface area contributed by atoms with Crippen molar-refractivity contribution < 1.29 is 23.7 Å². The highest BCUT2D eigenvalue weighted by atomic mass is 16.6. The zero-order valence-corrected chi connectivity index (χ0v) is 23.8. The fraction of sp³-hybridized carbons (Fsp3) is 0.412. The number of hydrogen-bond donors (Lipinski definition) is 0. The van der Waals surface area contributed by atoms with Crippen LogP contribution in [0.4, 0.5) is 4.79 Å². The second kappa shape index (κ2) is 13.2. The quantitative estimate of drug-likeness (QED) is 0.322. The van der Waals surface area contributed by atoms with Crippen LogP contribution in [-0.2, 0) is 17.8 Å². The first-order chi connectivity index (χ1) is 20.6. The van der Waals surface area contributed by atoms with Crippen molar-refractivity contribution in [1.82, 2.24) is 9.80 Å². The average molecular weight is 568 g/mol. The van der Waals surface area contributed by atoms with E-state index in [9.17, 15) is 4.79 Å². The summed E-state index contributed by atoms with van der Waals surface area (Å²) in [5, 5.41) is 9.17. The van der Waals surface area contributed by atoms with Gasteiger partial charge in [0.15, 0.2) is 11.5 Å². The van der Waals surface area contributed by atoms with E-state index in [1.165, 1.54) is 5.56 Å². The van der Waals surface area contributed by atoms with E-state index >= 15 is 0 Å². The molecule has 0 N–H and O–H groups in total. The normalized spacial score (nSPS) is 20.6. The van der Waals surface area contributed by atoms with Gasteiger partial charge in [-0.1, -0.05) is 42.5 Å². The summed E-state index contributed by atoms with van der Waals surface area (Å²) < 4.78 is 23.4. The van der Waals surface area contributed by atoms with E-state index < -0.39 is 0 Å². The summed E-state index contributed by atoms with van der Waals surface area (Å²) in [5.41, 5.74) is 2.88. The molecule has 2 saturated heterocycles. The molecule has 6 rings (SSSR count). The summed E-state index contributed by atoms with van der Waals surface area (Å²) in [6, 6.07) is 25.8. The van der Waals surface area contributed by atoms with Gasteiger partial charge in [-0.05, 0) is 80.1 Å². The lowest BCUT2D eigenvalue weighted by Crippen LogP contribution is -2.44. The van der Waals surface area contributed by atoms with Crippen molar-refractivity contribution in [2.45, 2.75) is 44.4 Å². The van der Waals surface area contributed by atoms with Crippen LogP contribution in [0.5, 0.6) is 17.2 Å². The molecule has 218 valence electrons. The summed E-state index contributed by atoms with van der Waals surface area (Å²) >= 11 is 0. The van der Waals surface area contributed by atoms with E-state index in [0.717, 1.165) is 63.2 Å². The molecule has 3 aliphatic heterocycles. The van der Waals surface area contributed by atoms with E-state index in [4.69, 9.17) is 24.2 Å². The number of benzene rings is 3. The standard InChI is InChI=1S/C34H37N3O5/c35-20-28-8-11-32-33(19-28)42-31(24-40-32)21-36-15-12-25(13-16-36)14-17-37-29(23-41-34(37)38)18-26-6-9-30(10-7-26)39-22-27-4-2-1-3-5-27/h1-11,19,25,29,31H,12-18,21-24H2/t29-,31-/m0/s1. The van der Waals surface area contributed by atoms with Crippen LogP contribution in [0, 0.1) is 17.2 Å². The van der Waals surface area contributed by atoms with Crippen molar-refractivity contribution in [3.63, 3.8) is 0 Å². The molecule has 3 heterocycles. The van der Waals surface area contributed by atoms with Gasteiger partial charge in [-0.3, -0.25) is 4.90 Å². The Morgan fingerprint density at radius 2 is 1.71 bits per heavy atom. The third kappa shape index (κ3) is 6.97. The number of nitriles is 1. The highest BCUT2D eigenvalue weighted by molar-refractivity contribution is 5.70. The summed E-state index contributed by atoms with van der Waals surface area (Å²) in [6.45, 7) is 5.03. The van der Waals surface area contributed by atoms with Crippen LogP contribution >= 0.6 is 0 Å². The monoisotopic (exact) mass is 567 g/mol. The summed E-state index contributed by atoms with van der Waals surface area (Å²) in [7, 11) is 0. The zero-order chi connectivity index (χ0) is 28.7. The Morgan fingerprint density at radius 3 is 2.50 bits per heavy atom. The number of hydrogen-bond acceptors (Lipinski definition) is 7. The molecule has 3 aromatic carbocycles. The summed E-state index contributed by atoms with van der Waals surface area (Å²) in [5.74, 6) is 2.77. The van der Waals surface area contributed by atoms with Crippen molar-refractivity contribution in [3.05, 3.63) is 89.5 Å². The third-order valence-electron chi connectivity index (χ3n) is 8.46. The second-order valence-corrected chi connectivity index (χ2v) is 11.4. The molecule has 0 saturated carbocycles. The highest BCUT2D eigenvalue weighted by Gasteiger charge is 2.34. The number of ether oxygens (including phenoxy) is 4. The number of piperidine rings is 1. The fourth-order valence-electron chi connectivity index (χ4n) is 6.01. The molecule has 3 aliphatic rings. The zero-order valence-electron chi connectivity index (χ0n) is 23.8. The minimum absolute atomic E-state index is 0.0485. The number of fused-ring (bicyclic) bond motifs is 1. The topological polar surface area (TPSA) is 84.3 Å². The molecule has 0 spiro atoms. The van der Waals surface area contributed by atoms with E-state index in [1.807, 2.05) is 35.2 Å². The maximum Gasteiger partial charge on any atom is 0.410 e. The number of carbonyl (C=O) groups is 1. The molecule has 0 bridgehead atoms. The summed E-state index contributed by atoms with van der Waals surface area (Å²) in [6.07, 6.45) is 3.70. The van der Waals surface area contributed by atoms with Crippen LogP contribution in [0.15, 0.2) is 72.8 Å².